The second kappa shape index (κ2) is 9.82. The maximum absolute atomic E-state index is 12.8. The molecule has 160 valence electrons. The summed E-state index contributed by atoms with van der Waals surface area (Å²) in [6.07, 6.45) is 4.83. The predicted octanol–water partition coefficient (Wildman–Crippen LogP) is 5.36. The third-order valence-electron chi connectivity index (χ3n) is 4.83. The van der Waals surface area contributed by atoms with Gasteiger partial charge in [-0.3, -0.25) is 14.8 Å². The highest BCUT2D eigenvalue weighted by molar-refractivity contribution is 7.79. The summed E-state index contributed by atoms with van der Waals surface area (Å²) in [5.74, 6) is -0.311. The molecule has 2 heterocycles. The maximum atomic E-state index is 12.8. The molecule has 0 bridgehead atoms. The van der Waals surface area contributed by atoms with E-state index in [9.17, 15) is 13.6 Å². The van der Waals surface area contributed by atoms with Crippen LogP contribution in [0.1, 0.15) is 26.7 Å². The number of hydrogen-bond acceptors (Lipinski definition) is 4. The van der Waals surface area contributed by atoms with Gasteiger partial charge < -0.3 is 9.87 Å². The Morgan fingerprint density at radius 1 is 0.969 bits per heavy atom. The van der Waals surface area contributed by atoms with Gasteiger partial charge in [0.2, 0.25) is 0 Å². The van der Waals surface area contributed by atoms with Crippen LogP contribution in [0.2, 0.25) is 5.02 Å². The molecule has 1 amide bonds. The minimum absolute atomic E-state index is 0.311. The number of carbonyl (C=O) groups is 1. The normalized spacial score (nSPS) is 12.7. The van der Waals surface area contributed by atoms with Crippen molar-refractivity contribution in [2.45, 2.75) is 5.25 Å². The number of benzene rings is 2. The first-order valence-corrected chi connectivity index (χ1v) is 11.2. The number of anilines is 1. The van der Waals surface area contributed by atoms with Gasteiger partial charge in [0.05, 0.1) is 10.7 Å². The van der Waals surface area contributed by atoms with Crippen LogP contribution in [0, 0.1) is 0 Å². The van der Waals surface area contributed by atoms with Gasteiger partial charge in [0, 0.05) is 35.4 Å². The van der Waals surface area contributed by atoms with Crippen LogP contribution in [-0.4, -0.2) is 24.6 Å². The lowest BCUT2D eigenvalue weighted by atomic mass is 10.0. The van der Waals surface area contributed by atoms with Crippen LogP contribution in [0.15, 0.2) is 91.4 Å². The zero-order chi connectivity index (χ0) is 22.5. The zero-order valence-electron chi connectivity index (χ0n) is 16.7. The average Bonchev–Trinajstić information content (AvgIpc) is 2.82. The van der Waals surface area contributed by atoms with Crippen LogP contribution >= 0.6 is 11.6 Å². The van der Waals surface area contributed by atoms with Crippen LogP contribution in [0.5, 0.6) is 0 Å². The van der Waals surface area contributed by atoms with Crippen molar-refractivity contribution in [1.29, 1.82) is 0 Å². The van der Waals surface area contributed by atoms with Crippen molar-refractivity contribution in [2.24, 2.45) is 0 Å². The smallest absolute Gasteiger partial charge is 0.255 e. The highest BCUT2D eigenvalue weighted by atomic mass is 35.5. The van der Waals surface area contributed by atoms with Gasteiger partial charge in [0.25, 0.3) is 5.91 Å². The fourth-order valence-corrected chi connectivity index (χ4v) is 4.27. The lowest BCUT2D eigenvalue weighted by Crippen LogP contribution is -2.13. The third-order valence-corrected chi connectivity index (χ3v) is 6.11. The number of carbonyl (C=O) groups excluding carboxylic acids is 1. The first kappa shape index (κ1) is 21.8. The van der Waals surface area contributed by atoms with Gasteiger partial charge in [0.15, 0.2) is 11.1 Å². The number of pyridine rings is 2. The summed E-state index contributed by atoms with van der Waals surface area (Å²) in [7, 11) is 0. The Labute approximate surface area is 192 Å². The van der Waals surface area contributed by atoms with Gasteiger partial charge in [-0.25, -0.2) is 4.21 Å². The largest absolute Gasteiger partial charge is 0.322 e. The molecule has 0 saturated carbocycles. The molecule has 0 saturated heterocycles. The van der Waals surface area contributed by atoms with E-state index in [1.165, 1.54) is 0 Å². The Morgan fingerprint density at radius 3 is 2.44 bits per heavy atom. The third kappa shape index (κ3) is 4.91. The van der Waals surface area contributed by atoms with Crippen molar-refractivity contribution in [3.05, 3.63) is 113 Å². The van der Waals surface area contributed by atoms with E-state index in [0.29, 0.717) is 38.7 Å². The second-order valence-corrected chi connectivity index (χ2v) is 8.36. The molecule has 0 aliphatic carbocycles. The van der Waals surface area contributed by atoms with Gasteiger partial charge in [0.1, 0.15) is 5.25 Å². The van der Waals surface area contributed by atoms with Gasteiger partial charge in [-0.15, -0.1) is 0 Å². The highest BCUT2D eigenvalue weighted by Gasteiger charge is 2.21. The molecule has 2 atom stereocenters. The van der Waals surface area contributed by atoms with E-state index in [-0.39, 0.29) is 5.91 Å². The summed E-state index contributed by atoms with van der Waals surface area (Å²) in [6, 6.07) is 20.8. The van der Waals surface area contributed by atoms with Crippen LogP contribution in [-0.2, 0) is 11.1 Å². The number of halogens is 1. The molecule has 6 nitrogen and oxygen atoms in total. The fourth-order valence-electron chi connectivity index (χ4n) is 3.29. The Balaban J connectivity index is 1.54. The molecule has 0 aliphatic heterocycles. The molecular formula is C24H18ClN3O3S. The van der Waals surface area contributed by atoms with Gasteiger partial charge in [-0.05, 0) is 59.7 Å². The van der Waals surface area contributed by atoms with E-state index in [2.05, 4.69) is 15.3 Å². The van der Waals surface area contributed by atoms with Crippen LogP contribution in [0.25, 0.3) is 11.3 Å². The zero-order valence-corrected chi connectivity index (χ0v) is 18.3. The van der Waals surface area contributed by atoms with E-state index < -0.39 is 16.3 Å². The second-order valence-electron chi connectivity index (χ2n) is 6.93. The molecule has 4 aromatic rings. The lowest BCUT2D eigenvalue weighted by molar-refractivity contribution is 0.102. The average molecular weight is 464 g/mol. The van der Waals surface area contributed by atoms with Crippen molar-refractivity contribution in [3.8, 4) is 11.3 Å². The standard InChI is InChI=1S/C24H18ClN3O3S/c25-21-11-10-19(14-20(21)22-5-1-2-13-27-22)28-24(29)17-8-6-16(7-9-17)23(32(30)31)18-4-3-12-26-15-18/h1-15,23H,(H,28,29)(H,30,31). The summed E-state index contributed by atoms with van der Waals surface area (Å²) >= 11 is 4.17. The molecule has 2 aromatic carbocycles. The Hall–Kier alpha value is -3.39. The minimum Gasteiger partial charge on any atom is -0.322 e. The van der Waals surface area contributed by atoms with Crippen molar-refractivity contribution in [3.63, 3.8) is 0 Å². The SMILES string of the molecule is O=C(Nc1ccc(Cl)c(-c2ccccn2)c1)c1ccc(C(c2cccnc2)S(=O)O)cc1. The summed E-state index contributed by atoms with van der Waals surface area (Å²) in [5.41, 5.74) is 3.64. The van der Waals surface area contributed by atoms with E-state index in [0.717, 1.165) is 0 Å². The minimum atomic E-state index is -2.14. The van der Waals surface area contributed by atoms with E-state index in [1.807, 2.05) is 18.2 Å². The topological polar surface area (TPSA) is 92.2 Å². The molecule has 2 aromatic heterocycles. The molecule has 0 spiro atoms. The molecule has 0 radical (unpaired) electrons. The molecular weight excluding hydrogens is 446 g/mol. The maximum Gasteiger partial charge on any atom is 0.255 e. The highest BCUT2D eigenvalue weighted by Crippen LogP contribution is 2.30. The Bertz CT molecular complexity index is 1250. The fraction of sp³-hybridized carbons (Fsp3) is 0.0417. The summed E-state index contributed by atoms with van der Waals surface area (Å²) in [6.45, 7) is 0. The molecule has 32 heavy (non-hydrogen) atoms. The van der Waals surface area contributed by atoms with E-state index >= 15 is 0 Å². The lowest BCUT2D eigenvalue weighted by Gasteiger charge is -2.14. The predicted molar refractivity (Wildman–Crippen MR) is 126 cm³/mol. The quantitative estimate of drug-likeness (QED) is 0.375. The van der Waals surface area contributed by atoms with Gasteiger partial charge in [-0.2, -0.15) is 0 Å². The van der Waals surface area contributed by atoms with Crippen molar-refractivity contribution in [2.75, 3.05) is 5.32 Å². The number of hydrogen-bond donors (Lipinski definition) is 2. The van der Waals surface area contributed by atoms with Crippen LogP contribution in [0.4, 0.5) is 5.69 Å². The number of amides is 1. The molecule has 4 rings (SSSR count). The Kier molecular flexibility index (Phi) is 6.70. The molecule has 0 fully saturated rings. The number of nitrogens with one attached hydrogen (secondary N) is 1. The Morgan fingerprint density at radius 2 is 1.78 bits per heavy atom. The monoisotopic (exact) mass is 463 g/mol. The van der Waals surface area contributed by atoms with Gasteiger partial charge in [-0.1, -0.05) is 35.9 Å². The molecule has 2 unspecified atom stereocenters. The number of aromatic nitrogens is 2. The number of rotatable bonds is 6. The van der Waals surface area contributed by atoms with Crippen molar-refractivity contribution >= 4 is 34.3 Å². The first-order valence-electron chi connectivity index (χ1n) is 9.65. The number of nitrogens with zero attached hydrogens (tertiary/aromatic N) is 2. The van der Waals surface area contributed by atoms with Gasteiger partial charge >= 0.3 is 0 Å². The van der Waals surface area contributed by atoms with Crippen molar-refractivity contribution < 1.29 is 13.6 Å². The van der Waals surface area contributed by atoms with E-state index in [1.54, 1.807) is 73.2 Å². The first-order chi connectivity index (χ1) is 15.5. The van der Waals surface area contributed by atoms with Crippen molar-refractivity contribution in [1.82, 2.24) is 9.97 Å². The summed E-state index contributed by atoms with van der Waals surface area (Å²) < 4.78 is 21.7. The van der Waals surface area contributed by atoms with Crippen LogP contribution < -0.4 is 5.32 Å². The summed E-state index contributed by atoms with van der Waals surface area (Å²) in [4.78, 5) is 21.1. The van der Waals surface area contributed by atoms with E-state index in [4.69, 9.17) is 11.6 Å². The molecule has 2 N–H and O–H groups in total. The summed E-state index contributed by atoms with van der Waals surface area (Å²) in [5, 5.41) is 2.63. The molecule has 8 heteroatoms. The van der Waals surface area contributed by atoms with Crippen LogP contribution in [0.3, 0.4) is 0 Å². The molecule has 0 aliphatic rings.